The maximum atomic E-state index is 12.8. The number of rotatable bonds is 6. The number of nitrogens with one attached hydrogen (secondary N) is 2. The summed E-state index contributed by atoms with van der Waals surface area (Å²) in [6.45, 7) is 5.49. The van der Waals surface area contributed by atoms with Crippen molar-refractivity contribution in [3.05, 3.63) is 17.0 Å². The van der Waals surface area contributed by atoms with Gasteiger partial charge in [-0.1, -0.05) is 0 Å². The molecular formula is C18H29N3O3S2. The number of hydrogen-bond acceptors (Lipinski definition) is 5. The molecule has 1 amide bonds. The highest BCUT2D eigenvalue weighted by molar-refractivity contribution is 7.91. The van der Waals surface area contributed by atoms with Gasteiger partial charge >= 0.3 is 0 Å². The van der Waals surface area contributed by atoms with Gasteiger partial charge in [-0.15, -0.1) is 11.3 Å². The van der Waals surface area contributed by atoms with E-state index in [4.69, 9.17) is 0 Å². The molecule has 8 heteroatoms. The van der Waals surface area contributed by atoms with Gasteiger partial charge in [0, 0.05) is 24.5 Å². The number of piperidine rings is 2. The Balaban J connectivity index is 1.51. The second-order valence-electron chi connectivity index (χ2n) is 7.36. The van der Waals surface area contributed by atoms with E-state index in [0.29, 0.717) is 23.2 Å². The highest BCUT2D eigenvalue weighted by Gasteiger charge is 2.33. The molecule has 2 atom stereocenters. The topological polar surface area (TPSA) is 78.5 Å². The van der Waals surface area contributed by atoms with Crippen molar-refractivity contribution in [1.29, 1.82) is 0 Å². The summed E-state index contributed by atoms with van der Waals surface area (Å²) in [6.07, 6.45) is 4.90. The van der Waals surface area contributed by atoms with Gasteiger partial charge in [-0.3, -0.25) is 4.79 Å². The van der Waals surface area contributed by atoms with E-state index in [9.17, 15) is 13.2 Å². The summed E-state index contributed by atoms with van der Waals surface area (Å²) >= 11 is 1.29. The van der Waals surface area contributed by atoms with Crippen LogP contribution in [0.25, 0.3) is 0 Å². The molecule has 2 fully saturated rings. The van der Waals surface area contributed by atoms with Crippen LogP contribution in [0.2, 0.25) is 0 Å². The third-order valence-corrected chi connectivity index (χ3v) is 8.65. The van der Waals surface area contributed by atoms with Crippen LogP contribution in [0.3, 0.4) is 0 Å². The van der Waals surface area contributed by atoms with Crippen LogP contribution >= 0.6 is 11.3 Å². The Kier molecular flexibility index (Phi) is 6.71. The number of thiophene rings is 1. The fourth-order valence-electron chi connectivity index (χ4n) is 3.77. The zero-order valence-electron chi connectivity index (χ0n) is 15.4. The molecule has 26 heavy (non-hydrogen) atoms. The van der Waals surface area contributed by atoms with Gasteiger partial charge in [-0.25, -0.2) is 8.42 Å². The molecule has 0 spiro atoms. The summed E-state index contributed by atoms with van der Waals surface area (Å²) in [4.78, 5) is 13.5. The summed E-state index contributed by atoms with van der Waals surface area (Å²) in [7, 11) is -3.48. The zero-order valence-corrected chi connectivity index (χ0v) is 17.0. The zero-order chi connectivity index (χ0) is 18.6. The van der Waals surface area contributed by atoms with Crippen LogP contribution in [-0.4, -0.2) is 51.4 Å². The average Bonchev–Trinajstić information content (AvgIpc) is 3.10. The Bertz CT molecular complexity index is 711. The van der Waals surface area contributed by atoms with Crippen molar-refractivity contribution in [2.75, 3.05) is 32.7 Å². The number of carbonyl (C=O) groups is 1. The van der Waals surface area contributed by atoms with E-state index < -0.39 is 10.0 Å². The second kappa shape index (κ2) is 8.82. The maximum Gasteiger partial charge on any atom is 0.252 e. The lowest BCUT2D eigenvalue weighted by Gasteiger charge is -2.31. The molecule has 3 heterocycles. The first-order chi connectivity index (χ1) is 12.5. The highest BCUT2D eigenvalue weighted by atomic mass is 32.2. The van der Waals surface area contributed by atoms with Crippen molar-refractivity contribution in [2.45, 2.75) is 43.2 Å². The number of amides is 1. The van der Waals surface area contributed by atoms with Gasteiger partial charge in [0.25, 0.3) is 10.0 Å². The van der Waals surface area contributed by atoms with E-state index in [2.05, 4.69) is 10.6 Å². The number of nitrogens with zero attached hydrogens (tertiary/aromatic N) is 1. The molecule has 2 N–H and O–H groups in total. The first-order valence-corrected chi connectivity index (χ1v) is 11.8. The molecule has 0 aromatic carbocycles. The molecule has 2 saturated heterocycles. The van der Waals surface area contributed by atoms with Crippen molar-refractivity contribution in [3.8, 4) is 0 Å². The Morgan fingerprint density at radius 1 is 1.35 bits per heavy atom. The van der Waals surface area contributed by atoms with Gasteiger partial charge in [0.05, 0.1) is 5.92 Å². The molecule has 0 radical (unpaired) electrons. The summed E-state index contributed by atoms with van der Waals surface area (Å²) in [5.41, 5.74) is 0. The predicted octanol–water partition coefficient (Wildman–Crippen LogP) is 1.96. The van der Waals surface area contributed by atoms with E-state index in [1.165, 1.54) is 28.5 Å². The first kappa shape index (κ1) is 19.8. The molecule has 1 aromatic rings. The molecule has 3 rings (SSSR count). The van der Waals surface area contributed by atoms with Crippen molar-refractivity contribution < 1.29 is 13.2 Å². The van der Waals surface area contributed by atoms with Crippen LogP contribution in [0.5, 0.6) is 0 Å². The summed E-state index contributed by atoms with van der Waals surface area (Å²) < 4.78 is 27.4. The van der Waals surface area contributed by atoms with E-state index in [0.717, 1.165) is 37.2 Å². The van der Waals surface area contributed by atoms with Gasteiger partial charge in [0.2, 0.25) is 5.91 Å². The minimum atomic E-state index is -3.48. The molecule has 1 aromatic heterocycles. The average molecular weight is 400 g/mol. The van der Waals surface area contributed by atoms with E-state index in [1.807, 2.05) is 13.0 Å². The minimum absolute atomic E-state index is 0.00368. The number of sulfonamides is 1. The molecule has 2 aliphatic heterocycles. The van der Waals surface area contributed by atoms with Gasteiger partial charge in [0.15, 0.2) is 0 Å². The van der Waals surface area contributed by atoms with E-state index >= 15 is 0 Å². The predicted molar refractivity (Wildman–Crippen MR) is 104 cm³/mol. The lowest BCUT2D eigenvalue weighted by molar-refractivity contribution is -0.126. The third-order valence-electron chi connectivity index (χ3n) is 5.32. The summed E-state index contributed by atoms with van der Waals surface area (Å²) in [5.74, 6) is 0.384. The van der Waals surface area contributed by atoms with Gasteiger partial charge < -0.3 is 10.6 Å². The van der Waals surface area contributed by atoms with Crippen LogP contribution in [-0.2, 0) is 14.8 Å². The standard InChI is InChI=1S/C18H29N3O3S2/c1-14-6-7-17(25-14)26(23,24)21-11-3-5-16(13-21)18(22)20-10-8-15-4-2-9-19-12-15/h6-7,15-16,19H,2-5,8-13H2,1H3,(H,20,22). The number of aryl methyl sites for hydroxylation is 1. The Morgan fingerprint density at radius 3 is 2.88 bits per heavy atom. The van der Waals surface area contributed by atoms with Crippen LogP contribution in [0.1, 0.15) is 37.0 Å². The molecule has 6 nitrogen and oxygen atoms in total. The largest absolute Gasteiger partial charge is 0.356 e. The summed E-state index contributed by atoms with van der Waals surface area (Å²) in [5, 5.41) is 6.42. The molecule has 0 aliphatic carbocycles. The molecular weight excluding hydrogens is 370 g/mol. The van der Waals surface area contributed by atoms with Crippen LogP contribution in [0, 0.1) is 18.8 Å². The fourth-order valence-corrected chi connectivity index (χ4v) is 6.73. The summed E-state index contributed by atoms with van der Waals surface area (Å²) in [6, 6.07) is 3.49. The Morgan fingerprint density at radius 2 is 2.19 bits per heavy atom. The van der Waals surface area contributed by atoms with Gasteiger partial charge in [0.1, 0.15) is 4.21 Å². The lowest BCUT2D eigenvalue weighted by Crippen LogP contribution is -2.45. The Hall–Kier alpha value is -0.960. The van der Waals surface area contributed by atoms with Crippen molar-refractivity contribution >= 4 is 27.3 Å². The Labute approximate surface area is 160 Å². The van der Waals surface area contributed by atoms with E-state index in [-0.39, 0.29) is 18.4 Å². The van der Waals surface area contributed by atoms with Crippen LogP contribution in [0.4, 0.5) is 0 Å². The normalized spacial score (nSPS) is 25.1. The van der Waals surface area contributed by atoms with Crippen molar-refractivity contribution in [3.63, 3.8) is 0 Å². The van der Waals surface area contributed by atoms with Gasteiger partial charge in [-0.2, -0.15) is 4.31 Å². The van der Waals surface area contributed by atoms with Crippen LogP contribution in [0.15, 0.2) is 16.3 Å². The lowest BCUT2D eigenvalue weighted by atomic mass is 9.95. The molecule has 0 bridgehead atoms. The van der Waals surface area contributed by atoms with E-state index in [1.54, 1.807) is 6.07 Å². The second-order valence-corrected chi connectivity index (χ2v) is 10.8. The fraction of sp³-hybridized carbons (Fsp3) is 0.722. The molecule has 146 valence electrons. The van der Waals surface area contributed by atoms with Gasteiger partial charge in [-0.05, 0) is 70.2 Å². The minimum Gasteiger partial charge on any atom is -0.356 e. The molecule has 2 unspecified atom stereocenters. The monoisotopic (exact) mass is 399 g/mol. The third kappa shape index (κ3) is 4.85. The SMILES string of the molecule is Cc1ccc(S(=O)(=O)N2CCCC(C(=O)NCCC3CCCNC3)C2)s1. The van der Waals surface area contributed by atoms with Crippen molar-refractivity contribution in [1.82, 2.24) is 14.9 Å². The molecule has 2 aliphatic rings. The maximum absolute atomic E-state index is 12.8. The number of hydrogen-bond donors (Lipinski definition) is 2. The number of carbonyl (C=O) groups excluding carboxylic acids is 1. The highest BCUT2D eigenvalue weighted by Crippen LogP contribution is 2.28. The smallest absolute Gasteiger partial charge is 0.252 e. The molecule has 0 saturated carbocycles. The van der Waals surface area contributed by atoms with Crippen LogP contribution < -0.4 is 10.6 Å². The first-order valence-electron chi connectivity index (χ1n) is 9.52. The quantitative estimate of drug-likeness (QED) is 0.767. The van der Waals surface area contributed by atoms with Crippen molar-refractivity contribution in [2.24, 2.45) is 11.8 Å².